The van der Waals surface area contributed by atoms with E-state index in [0.29, 0.717) is 12.3 Å². The van der Waals surface area contributed by atoms with Gasteiger partial charge in [0.05, 0.1) is 12.2 Å². The zero-order valence-corrected chi connectivity index (χ0v) is 28.3. The Bertz CT molecular complexity index is 1320. The Labute approximate surface area is 262 Å². The van der Waals surface area contributed by atoms with E-state index in [4.69, 9.17) is 4.74 Å². The van der Waals surface area contributed by atoms with E-state index >= 15 is 0 Å². The van der Waals surface area contributed by atoms with Gasteiger partial charge in [0.2, 0.25) is 0 Å². The molecular formula is C40H56O3. The molecule has 0 spiro atoms. The Morgan fingerprint density at radius 3 is 1.77 bits per heavy atom. The summed E-state index contributed by atoms with van der Waals surface area (Å²) in [6, 6.07) is 0. The van der Waals surface area contributed by atoms with Gasteiger partial charge in [-0.05, 0) is 65.9 Å². The summed E-state index contributed by atoms with van der Waals surface area (Å²) in [6.07, 6.45) is 33.5. The summed E-state index contributed by atoms with van der Waals surface area (Å²) in [5, 5.41) is 20.3. The highest BCUT2D eigenvalue weighted by molar-refractivity contribution is 5.37. The van der Waals surface area contributed by atoms with Crippen LogP contribution in [0.1, 0.15) is 88.5 Å². The fourth-order valence-corrected chi connectivity index (χ4v) is 7.07. The van der Waals surface area contributed by atoms with Crippen LogP contribution in [0.25, 0.3) is 0 Å². The summed E-state index contributed by atoms with van der Waals surface area (Å²) in [4.78, 5) is 0. The molecule has 234 valence electrons. The average molecular weight is 585 g/mol. The Hall–Kier alpha value is -2.72. The number of aliphatic hydroxyl groups is 2. The summed E-state index contributed by atoms with van der Waals surface area (Å²) in [5.74, 6) is 0.345. The normalized spacial score (nSPS) is 33.8. The van der Waals surface area contributed by atoms with E-state index in [0.717, 1.165) is 12.8 Å². The average Bonchev–Trinajstić information content (AvgIpc) is 3.49. The third kappa shape index (κ3) is 8.91. The molecule has 0 aromatic carbocycles. The molecule has 3 nitrogen and oxygen atoms in total. The van der Waals surface area contributed by atoms with Crippen LogP contribution in [0.4, 0.5) is 0 Å². The van der Waals surface area contributed by atoms with Crippen LogP contribution in [0.3, 0.4) is 0 Å². The molecule has 5 atom stereocenters. The van der Waals surface area contributed by atoms with E-state index in [1.54, 1.807) is 0 Å². The molecule has 0 amide bonds. The van der Waals surface area contributed by atoms with Gasteiger partial charge in [-0.2, -0.15) is 0 Å². The highest BCUT2D eigenvalue weighted by Gasteiger charge is 2.74. The van der Waals surface area contributed by atoms with Crippen molar-refractivity contribution in [2.45, 2.75) is 112 Å². The van der Waals surface area contributed by atoms with Crippen molar-refractivity contribution < 1.29 is 14.9 Å². The van der Waals surface area contributed by atoms with Crippen molar-refractivity contribution in [3.8, 4) is 0 Å². The molecule has 0 aromatic heterocycles. The molecule has 0 unspecified atom stereocenters. The van der Waals surface area contributed by atoms with E-state index in [1.165, 1.54) is 27.9 Å². The van der Waals surface area contributed by atoms with E-state index in [9.17, 15) is 10.2 Å². The van der Waals surface area contributed by atoms with Crippen molar-refractivity contribution in [1.82, 2.24) is 0 Å². The fraction of sp³-hybridized carbons (Fsp3) is 0.500. The van der Waals surface area contributed by atoms with E-state index in [2.05, 4.69) is 154 Å². The highest BCUT2D eigenvalue weighted by Crippen LogP contribution is 2.66. The molecule has 1 saturated carbocycles. The zero-order chi connectivity index (χ0) is 32.1. The predicted molar refractivity (Wildman–Crippen MR) is 184 cm³/mol. The summed E-state index contributed by atoms with van der Waals surface area (Å²) in [7, 11) is 0. The Kier molecular flexibility index (Phi) is 11.3. The number of rotatable bonds is 10. The van der Waals surface area contributed by atoms with Crippen LogP contribution >= 0.6 is 0 Å². The lowest BCUT2D eigenvalue weighted by molar-refractivity contribution is 0.0515. The summed E-state index contributed by atoms with van der Waals surface area (Å²) < 4.78 is 6.25. The van der Waals surface area contributed by atoms with Crippen molar-refractivity contribution in [2.24, 2.45) is 16.7 Å². The Morgan fingerprint density at radius 1 is 0.721 bits per heavy atom. The molecule has 2 fully saturated rings. The first-order valence-corrected chi connectivity index (χ1v) is 15.8. The van der Waals surface area contributed by atoms with Gasteiger partial charge in [-0.3, -0.25) is 0 Å². The lowest BCUT2D eigenvalue weighted by Gasteiger charge is -2.39. The van der Waals surface area contributed by atoms with Crippen molar-refractivity contribution in [3.63, 3.8) is 0 Å². The molecular weight excluding hydrogens is 528 g/mol. The molecule has 0 aromatic rings. The number of epoxide rings is 1. The molecule has 0 radical (unpaired) electrons. The molecule has 1 saturated heterocycles. The van der Waals surface area contributed by atoms with Gasteiger partial charge in [0.25, 0.3) is 0 Å². The maximum atomic E-state index is 10.2. The van der Waals surface area contributed by atoms with Gasteiger partial charge in [0.15, 0.2) is 0 Å². The molecule has 1 aliphatic heterocycles. The lowest BCUT2D eigenvalue weighted by atomic mass is 9.63. The van der Waals surface area contributed by atoms with E-state index < -0.39 is 0 Å². The summed E-state index contributed by atoms with van der Waals surface area (Å²) >= 11 is 0. The van der Waals surface area contributed by atoms with Crippen molar-refractivity contribution in [3.05, 3.63) is 119 Å². The van der Waals surface area contributed by atoms with Crippen LogP contribution in [0, 0.1) is 16.7 Å². The maximum absolute atomic E-state index is 10.2. The molecule has 2 N–H and O–H groups in total. The Balaban J connectivity index is 1.49. The van der Waals surface area contributed by atoms with Gasteiger partial charge in [0.1, 0.15) is 11.2 Å². The van der Waals surface area contributed by atoms with Crippen LogP contribution in [0.15, 0.2) is 119 Å². The second kappa shape index (κ2) is 13.9. The van der Waals surface area contributed by atoms with Gasteiger partial charge < -0.3 is 14.9 Å². The Morgan fingerprint density at radius 2 is 1.23 bits per heavy atom. The van der Waals surface area contributed by atoms with E-state index in [-0.39, 0.29) is 34.2 Å². The second-order valence-corrected chi connectivity index (χ2v) is 14.6. The summed E-state index contributed by atoms with van der Waals surface area (Å²) in [5.41, 5.74) is 5.38. The van der Waals surface area contributed by atoms with Crippen molar-refractivity contribution in [1.29, 1.82) is 0 Å². The standard InChI is InChI=1S/C40H56O3/c1-29(17-13-19-31(3)21-22-36-33(5)25-34(41)26-37(36,6)7)15-11-12-16-30(2)18-14-20-32(4)23-24-40-38(8,9)27-35(42)28-39(40,10)43-40/h11-25,34-36,41-42H,26-28H2,1-10H3/b12-11+,17-13+,18-14+,22-21+,24-23+,29-15-,30-16+,31-19+,32-20-/t34-,35-,36-,39+,40-/m0/s1. The van der Waals surface area contributed by atoms with Gasteiger partial charge >= 0.3 is 0 Å². The quantitative estimate of drug-likeness (QED) is 0.153. The first-order valence-electron chi connectivity index (χ1n) is 15.8. The van der Waals surface area contributed by atoms with Crippen LogP contribution in [0.2, 0.25) is 0 Å². The predicted octanol–water partition coefficient (Wildman–Crippen LogP) is 9.61. The molecule has 2 aliphatic carbocycles. The third-order valence-corrected chi connectivity index (χ3v) is 9.43. The minimum absolute atomic E-state index is 0.0547. The van der Waals surface area contributed by atoms with Crippen molar-refractivity contribution >= 4 is 0 Å². The van der Waals surface area contributed by atoms with Crippen LogP contribution in [-0.2, 0) is 4.74 Å². The van der Waals surface area contributed by atoms with Gasteiger partial charge in [-0.15, -0.1) is 0 Å². The zero-order valence-electron chi connectivity index (χ0n) is 28.3. The largest absolute Gasteiger partial charge is 0.393 e. The third-order valence-electron chi connectivity index (χ3n) is 9.43. The van der Waals surface area contributed by atoms with Crippen LogP contribution in [0.5, 0.6) is 0 Å². The SMILES string of the molecule is CC1=C[C@H](O)CC(C)(C)[C@H]1/C=C/C(C)=C/C=C/C(C)=C\C=C\C=C(C)\C=C\C=C(C)/C=C/[C@@]12O[C@]1(C)C[C@@H](O)CC2(C)C. The molecule has 3 aliphatic rings. The van der Waals surface area contributed by atoms with Gasteiger partial charge in [-0.1, -0.05) is 141 Å². The van der Waals surface area contributed by atoms with Gasteiger partial charge in [0, 0.05) is 17.8 Å². The minimum Gasteiger partial charge on any atom is -0.393 e. The second-order valence-electron chi connectivity index (χ2n) is 14.6. The first-order chi connectivity index (χ1) is 20.0. The van der Waals surface area contributed by atoms with E-state index in [1.807, 2.05) is 6.08 Å². The smallest absolute Gasteiger partial charge is 0.121 e. The fourth-order valence-electron chi connectivity index (χ4n) is 7.07. The summed E-state index contributed by atoms with van der Waals surface area (Å²) in [6.45, 7) is 21.5. The van der Waals surface area contributed by atoms with Gasteiger partial charge in [-0.25, -0.2) is 0 Å². The molecule has 43 heavy (non-hydrogen) atoms. The van der Waals surface area contributed by atoms with Crippen molar-refractivity contribution in [2.75, 3.05) is 0 Å². The van der Waals surface area contributed by atoms with Crippen LogP contribution in [-0.4, -0.2) is 33.6 Å². The van der Waals surface area contributed by atoms with Crippen LogP contribution < -0.4 is 0 Å². The monoisotopic (exact) mass is 584 g/mol. The number of aliphatic hydroxyl groups excluding tert-OH is 2. The highest BCUT2D eigenvalue weighted by atomic mass is 16.6. The number of hydrogen-bond donors (Lipinski definition) is 2. The molecule has 0 bridgehead atoms. The lowest BCUT2D eigenvalue weighted by Crippen LogP contribution is -2.46. The minimum atomic E-state index is -0.333. The number of fused-ring (bicyclic) bond motifs is 1. The number of allylic oxidation sites excluding steroid dienone is 18. The first kappa shape index (κ1) is 34.8. The molecule has 3 rings (SSSR count). The topological polar surface area (TPSA) is 53.0 Å². The number of hydrogen-bond acceptors (Lipinski definition) is 3. The molecule has 1 heterocycles. The molecule has 3 heteroatoms. The number of ether oxygens (including phenoxy) is 1. The maximum Gasteiger partial charge on any atom is 0.121 e.